The van der Waals surface area contributed by atoms with Gasteiger partial charge in [0.15, 0.2) is 0 Å². The predicted molar refractivity (Wildman–Crippen MR) is 90.8 cm³/mol. The lowest BCUT2D eigenvalue weighted by Crippen LogP contribution is -2.42. The first-order valence-electron chi connectivity index (χ1n) is 8.05. The fourth-order valence-electron chi connectivity index (χ4n) is 3.19. The van der Waals surface area contributed by atoms with Gasteiger partial charge in [0.2, 0.25) is 0 Å². The van der Waals surface area contributed by atoms with Crippen molar-refractivity contribution in [2.45, 2.75) is 38.3 Å². The van der Waals surface area contributed by atoms with Crippen molar-refractivity contribution in [1.29, 1.82) is 0 Å². The number of halogens is 1. The van der Waals surface area contributed by atoms with Gasteiger partial charge in [0.05, 0.1) is 0 Å². The molecule has 2 unspecified atom stereocenters. The standard InChI is InChI=1S/C17H28ClN3/c1-3-16(19)17(14-7-6-8-15(18)13-14)20(2)11-12-21-9-4-5-10-21/h6-8,13,16-17H,3-5,9-12,19H2,1-2H3. The summed E-state index contributed by atoms with van der Waals surface area (Å²) in [6, 6.07) is 8.49. The second-order valence-electron chi connectivity index (χ2n) is 6.10. The minimum atomic E-state index is 0.132. The van der Waals surface area contributed by atoms with E-state index >= 15 is 0 Å². The van der Waals surface area contributed by atoms with Gasteiger partial charge in [0, 0.05) is 30.2 Å². The molecule has 0 bridgehead atoms. The summed E-state index contributed by atoms with van der Waals surface area (Å²) in [7, 11) is 2.18. The number of likely N-dealkylation sites (N-methyl/N-ethyl adjacent to an activating group) is 1. The first-order chi connectivity index (χ1) is 10.1. The van der Waals surface area contributed by atoms with E-state index in [4.69, 9.17) is 17.3 Å². The summed E-state index contributed by atoms with van der Waals surface area (Å²) in [5.41, 5.74) is 7.61. The molecule has 1 aromatic carbocycles. The van der Waals surface area contributed by atoms with Gasteiger partial charge >= 0.3 is 0 Å². The van der Waals surface area contributed by atoms with Crippen LogP contribution in [0.3, 0.4) is 0 Å². The highest BCUT2D eigenvalue weighted by atomic mass is 35.5. The normalized spacial score (nSPS) is 19.1. The van der Waals surface area contributed by atoms with Crippen LogP contribution in [-0.4, -0.2) is 49.1 Å². The molecular weight excluding hydrogens is 282 g/mol. The number of hydrogen-bond acceptors (Lipinski definition) is 3. The van der Waals surface area contributed by atoms with Crippen LogP contribution in [0, 0.1) is 0 Å². The molecule has 118 valence electrons. The minimum Gasteiger partial charge on any atom is -0.326 e. The van der Waals surface area contributed by atoms with Gasteiger partial charge in [-0.1, -0.05) is 30.7 Å². The summed E-state index contributed by atoms with van der Waals surface area (Å²) in [4.78, 5) is 4.93. The van der Waals surface area contributed by atoms with Crippen LogP contribution in [-0.2, 0) is 0 Å². The summed E-state index contributed by atoms with van der Waals surface area (Å²) in [5, 5.41) is 0.786. The maximum Gasteiger partial charge on any atom is 0.0497 e. The van der Waals surface area contributed by atoms with Gasteiger partial charge in [0.1, 0.15) is 0 Å². The number of likely N-dealkylation sites (tertiary alicyclic amines) is 1. The van der Waals surface area contributed by atoms with E-state index < -0.39 is 0 Å². The molecule has 0 saturated carbocycles. The Morgan fingerprint density at radius 1 is 1.33 bits per heavy atom. The van der Waals surface area contributed by atoms with Crippen LogP contribution in [0.4, 0.5) is 0 Å². The molecule has 1 fully saturated rings. The summed E-state index contributed by atoms with van der Waals surface area (Å²) >= 11 is 6.15. The van der Waals surface area contributed by atoms with Crippen molar-refractivity contribution in [3.63, 3.8) is 0 Å². The van der Waals surface area contributed by atoms with E-state index in [9.17, 15) is 0 Å². The third-order valence-corrected chi connectivity index (χ3v) is 4.74. The first-order valence-corrected chi connectivity index (χ1v) is 8.43. The quantitative estimate of drug-likeness (QED) is 0.840. The van der Waals surface area contributed by atoms with Gasteiger partial charge in [-0.3, -0.25) is 4.90 Å². The molecule has 0 amide bonds. The van der Waals surface area contributed by atoms with Crippen LogP contribution >= 0.6 is 11.6 Å². The smallest absolute Gasteiger partial charge is 0.0497 e. The highest BCUT2D eigenvalue weighted by molar-refractivity contribution is 6.30. The molecule has 3 nitrogen and oxygen atoms in total. The second-order valence-corrected chi connectivity index (χ2v) is 6.54. The molecule has 4 heteroatoms. The Morgan fingerprint density at radius 2 is 2.05 bits per heavy atom. The van der Waals surface area contributed by atoms with Crippen molar-refractivity contribution in [3.8, 4) is 0 Å². The zero-order valence-electron chi connectivity index (χ0n) is 13.3. The van der Waals surface area contributed by atoms with Crippen molar-refractivity contribution in [1.82, 2.24) is 9.80 Å². The molecule has 0 aromatic heterocycles. The second kappa shape index (κ2) is 8.14. The molecule has 1 aromatic rings. The SMILES string of the molecule is CCC(N)C(c1cccc(Cl)c1)N(C)CCN1CCCC1. The molecule has 1 aliphatic heterocycles. The first kappa shape index (κ1) is 16.8. The number of benzene rings is 1. The molecule has 0 spiro atoms. The molecule has 2 rings (SSSR count). The lowest BCUT2D eigenvalue weighted by Gasteiger charge is -2.34. The maximum absolute atomic E-state index is 6.39. The fraction of sp³-hybridized carbons (Fsp3) is 0.647. The highest BCUT2D eigenvalue weighted by Gasteiger charge is 2.24. The summed E-state index contributed by atoms with van der Waals surface area (Å²) in [6.07, 6.45) is 3.65. The zero-order chi connectivity index (χ0) is 15.2. The van der Waals surface area contributed by atoms with Gasteiger partial charge in [-0.25, -0.2) is 0 Å². The number of hydrogen-bond donors (Lipinski definition) is 1. The lowest BCUT2D eigenvalue weighted by atomic mass is 9.96. The monoisotopic (exact) mass is 309 g/mol. The van der Waals surface area contributed by atoms with E-state index in [0.717, 1.165) is 24.5 Å². The van der Waals surface area contributed by atoms with Crippen LogP contribution in [0.25, 0.3) is 0 Å². The Labute approximate surface area is 134 Å². The molecule has 0 aliphatic carbocycles. The topological polar surface area (TPSA) is 32.5 Å². The average molecular weight is 310 g/mol. The molecule has 0 radical (unpaired) electrons. The Morgan fingerprint density at radius 3 is 2.67 bits per heavy atom. The third-order valence-electron chi connectivity index (χ3n) is 4.51. The van der Waals surface area contributed by atoms with E-state index in [0.29, 0.717) is 0 Å². The van der Waals surface area contributed by atoms with E-state index in [1.165, 1.54) is 31.5 Å². The predicted octanol–water partition coefficient (Wildman–Crippen LogP) is 3.15. The van der Waals surface area contributed by atoms with Crippen molar-refractivity contribution in [2.24, 2.45) is 5.73 Å². The van der Waals surface area contributed by atoms with Crippen molar-refractivity contribution in [3.05, 3.63) is 34.9 Å². The van der Waals surface area contributed by atoms with Gasteiger partial charge in [-0.2, -0.15) is 0 Å². The summed E-state index contributed by atoms with van der Waals surface area (Å²) < 4.78 is 0. The number of nitrogens with zero attached hydrogens (tertiary/aromatic N) is 2. The largest absolute Gasteiger partial charge is 0.326 e. The fourth-order valence-corrected chi connectivity index (χ4v) is 3.39. The van der Waals surface area contributed by atoms with E-state index in [1.807, 2.05) is 18.2 Å². The Hall–Kier alpha value is -0.610. The number of rotatable bonds is 7. The molecule has 1 aliphatic rings. The molecule has 1 heterocycles. The van der Waals surface area contributed by atoms with Crippen LogP contribution < -0.4 is 5.73 Å². The molecular formula is C17H28ClN3. The lowest BCUT2D eigenvalue weighted by molar-refractivity contribution is 0.182. The van der Waals surface area contributed by atoms with Crippen LogP contribution in [0.5, 0.6) is 0 Å². The maximum atomic E-state index is 6.39. The van der Waals surface area contributed by atoms with E-state index in [2.05, 4.69) is 29.8 Å². The van der Waals surface area contributed by atoms with Gasteiger partial charge in [0.25, 0.3) is 0 Å². The molecule has 21 heavy (non-hydrogen) atoms. The Balaban J connectivity index is 2.04. The zero-order valence-corrected chi connectivity index (χ0v) is 14.0. The highest BCUT2D eigenvalue weighted by Crippen LogP contribution is 2.26. The molecule has 1 saturated heterocycles. The third kappa shape index (κ3) is 4.68. The Bertz CT molecular complexity index is 432. The molecule has 2 atom stereocenters. The average Bonchev–Trinajstić information content (AvgIpc) is 2.98. The minimum absolute atomic E-state index is 0.132. The van der Waals surface area contributed by atoms with E-state index in [-0.39, 0.29) is 12.1 Å². The van der Waals surface area contributed by atoms with Gasteiger partial charge in [-0.05, 0) is 57.1 Å². The Kier molecular flexibility index (Phi) is 6.49. The van der Waals surface area contributed by atoms with Gasteiger partial charge < -0.3 is 10.6 Å². The molecule has 2 N–H and O–H groups in total. The van der Waals surface area contributed by atoms with Gasteiger partial charge in [-0.15, -0.1) is 0 Å². The van der Waals surface area contributed by atoms with Crippen LogP contribution in [0.1, 0.15) is 37.8 Å². The summed E-state index contributed by atoms with van der Waals surface area (Å²) in [5.74, 6) is 0. The van der Waals surface area contributed by atoms with Crippen molar-refractivity contribution >= 4 is 11.6 Å². The van der Waals surface area contributed by atoms with Crippen molar-refractivity contribution in [2.75, 3.05) is 33.2 Å². The van der Waals surface area contributed by atoms with Crippen molar-refractivity contribution < 1.29 is 0 Å². The van der Waals surface area contributed by atoms with E-state index in [1.54, 1.807) is 0 Å². The number of nitrogens with two attached hydrogens (primary N) is 1. The van der Waals surface area contributed by atoms with Crippen LogP contribution in [0.15, 0.2) is 24.3 Å². The summed E-state index contributed by atoms with van der Waals surface area (Å²) in [6.45, 7) is 6.82. The van der Waals surface area contributed by atoms with Crippen LogP contribution in [0.2, 0.25) is 5.02 Å².